The average molecular weight is 675 g/mol. The number of nitrogens with one attached hydrogen (secondary N) is 1. The lowest BCUT2D eigenvalue weighted by atomic mass is 9.83. The van der Waals surface area contributed by atoms with Gasteiger partial charge < -0.3 is 9.84 Å². The number of aromatic nitrogens is 1. The van der Waals surface area contributed by atoms with E-state index in [1.54, 1.807) is 36.4 Å². The summed E-state index contributed by atoms with van der Waals surface area (Å²) < 4.78 is 68.7. The van der Waals surface area contributed by atoms with Gasteiger partial charge in [0, 0.05) is 35.9 Å². The van der Waals surface area contributed by atoms with Crippen LogP contribution in [0.5, 0.6) is 0 Å². The minimum absolute atomic E-state index is 0.0303. The summed E-state index contributed by atoms with van der Waals surface area (Å²) in [7, 11) is -3.19. The first-order chi connectivity index (χ1) is 22.6. The van der Waals surface area contributed by atoms with Gasteiger partial charge in [0.15, 0.2) is 5.76 Å². The van der Waals surface area contributed by atoms with Crippen LogP contribution in [-0.4, -0.2) is 38.0 Å². The fraction of sp³-hybridized carbons (Fsp3) is 0.263. The van der Waals surface area contributed by atoms with Gasteiger partial charge in [-0.15, -0.1) is 0 Å². The molecule has 48 heavy (non-hydrogen) atoms. The summed E-state index contributed by atoms with van der Waals surface area (Å²) in [5.74, 6) is -0.219. The van der Waals surface area contributed by atoms with Gasteiger partial charge in [0.2, 0.25) is 0 Å². The molecule has 0 aliphatic heterocycles. The van der Waals surface area contributed by atoms with Crippen LogP contribution in [0.25, 0.3) is 22.5 Å². The van der Waals surface area contributed by atoms with E-state index in [0.717, 1.165) is 29.5 Å². The number of benzene rings is 4. The Morgan fingerprint density at radius 2 is 1.44 bits per heavy atom. The number of carbonyl (C=O) groups excluding carboxylic acids is 1. The van der Waals surface area contributed by atoms with Crippen molar-refractivity contribution in [3.05, 3.63) is 137 Å². The zero-order valence-electron chi connectivity index (χ0n) is 27.1. The molecule has 1 unspecified atom stereocenters. The first kappa shape index (κ1) is 34.6. The third kappa shape index (κ3) is 8.80. The number of rotatable bonds is 10. The Bertz CT molecular complexity index is 1990. The third-order valence-electron chi connectivity index (χ3n) is 8.15. The van der Waals surface area contributed by atoms with Crippen molar-refractivity contribution >= 4 is 15.7 Å². The SMILES string of the molecule is CC(C)(C)c1ccc(C(Cc2ccc(C(=O)NCCS(C)(=O)=O)cc2)c2cc(-c3cccc(-c4cccc(C(F)(F)F)c4)c3)on2)cc1. The molecule has 4 aromatic carbocycles. The molecule has 0 aliphatic rings. The largest absolute Gasteiger partial charge is 0.416 e. The van der Waals surface area contributed by atoms with Gasteiger partial charge in [0.1, 0.15) is 9.84 Å². The highest BCUT2D eigenvalue weighted by Crippen LogP contribution is 2.36. The third-order valence-corrected chi connectivity index (χ3v) is 9.09. The smallest absolute Gasteiger partial charge is 0.356 e. The lowest BCUT2D eigenvalue weighted by Gasteiger charge is -2.21. The molecule has 6 nitrogen and oxygen atoms in total. The molecule has 1 atom stereocenters. The molecule has 250 valence electrons. The van der Waals surface area contributed by atoms with Gasteiger partial charge in [0.25, 0.3) is 5.91 Å². The molecule has 0 aliphatic carbocycles. The van der Waals surface area contributed by atoms with E-state index in [9.17, 15) is 26.4 Å². The summed E-state index contributed by atoms with van der Waals surface area (Å²) in [6, 6.07) is 29.7. The second-order valence-corrected chi connectivity index (χ2v) is 15.2. The predicted molar refractivity (Wildman–Crippen MR) is 182 cm³/mol. The molecule has 1 N–H and O–H groups in total. The van der Waals surface area contributed by atoms with Gasteiger partial charge in [-0.2, -0.15) is 13.2 Å². The average Bonchev–Trinajstić information content (AvgIpc) is 3.53. The van der Waals surface area contributed by atoms with Gasteiger partial charge in [-0.05, 0) is 70.0 Å². The summed E-state index contributed by atoms with van der Waals surface area (Å²) in [5.41, 5.74) is 5.24. The van der Waals surface area contributed by atoms with Crippen LogP contribution in [0, 0.1) is 0 Å². The van der Waals surface area contributed by atoms with Gasteiger partial charge in [0.05, 0.1) is 17.0 Å². The van der Waals surface area contributed by atoms with E-state index in [1.807, 2.05) is 24.3 Å². The van der Waals surface area contributed by atoms with Crippen molar-refractivity contribution < 1.29 is 30.9 Å². The fourth-order valence-electron chi connectivity index (χ4n) is 5.40. The minimum atomic E-state index is -4.44. The number of sulfone groups is 1. The van der Waals surface area contributed by atoms with E-state index < -0.39 is 21.6 Å². The summed E-state index contributed by atoms with van der Waals surface area (Å²) in [6.45, 7) is 6.48. The molecule has 1 heterocycles. The number of carbonyl (C=O) groups is 1. The summed E-state index contributed by atoms with van der Waals surface area (Å²) >= 11 is 0. The number of hydrogen-bond donors (Lipinski definition) is 1. The molecule has 0 fully saturated rings. The van der Waals surface area contributed by atoms with Crippen LogP contribution in [0.1, 0.15) is 65.0 Å². The van der Waals surface area contributed by atoms with Crippen LogP contribution in [0.3, 0.4) is 0 Å². The molecule has 1 amide bonds. The Kier molecular flexibility index (Phi) is 9.96. The van der Waals surface area contributed by atoms with Crippen molar-refractivity contribution in [2.45, 2.75) is 44.7 Å². The maximum atomic E-state index is 13.4. The molecular weight excluding hydrogens is 637 g/mol. The van der Waals surface area contributed by atoms with E-state index in [0.29, 0.717) is 40.1 Å². The van der Waals surface area contributed by atoms with Gasteiger partial charge in [-0.3, -0.25) is 4.79 Å². The molecule has 0 saturated carbocycles. The van der Waals surface area contributed by atoms with Crippen molar-refractivity contribution in [2.24, 2.45) is 0 Å². The minimum Gasteiger partial charge on any atom is -0.356 e. The zero-order valence-corrected chi connectivity index (χ0v) is 28.0. The number of hydrogen-bond acceptors (Lipinski definition) is 5. The van der Waals surface area contributed by atoms with Crippen LogP contribution >= 0.6 is 0 Å². The molecule has 5 aromatic rings. The zero-order chi connectivity index (χ0) is 34.7. The monoisotopic (exact) mass is 674 g/mol. The molecule has 1 aromatic heterocycles. The molecule has 0 saturated heterocycles. The summed E-state index contributed by atoms with van der Waals surface area (Å²) in [5, 5.41) is 7.08. The quantitative estimate of drug-likeness (QED) is 0.161. The maximum absolute atomic E-state index is 13.4. The van der Waals surface area contributed by atoms with Crippen molar-refractivity contribution in [3.8, 4) is 22.5 Å². The van der Waals surface area contributed by atoms with E-state index >= 15 is 0 Å². The number of halogens is 3. The summed E-state index contributed by atoms with van der Waals surface area (Å²) in [4.78, 5) is 12.6. The highest BCUT2D eigenvalue weighted by Gasteiger charge is 2.30. The van der Waals surface area contributed by atoms with E-state index in [-0.39, 0.29) is 29.5 Å². The molecule has 5 rings (SSSR count). The van der Waals surface area contributed by atoms with Crippen LogP contribution < -0.4 is 5.32 Å². The van der Waals surface area contributed by atoms with Crippen molar-refractivity contribution in [1.29, 1.82) is 0 Å². The molecule has 0 spiro atoms. The van der Waals surface area contributed by atoms with Gasteiger partial charge >= 0.3 is 6.18 Å². The van der Waals surface area contributed by atoms with Gasteiger partial charge in [-0.25, -0.2) is 8.42 Å². The lowest BCUT2D eigenvalue weighted by Crippen LogP contribution is -2.28. The topological polar surface area (TPSA) is 89.3 Å². The summed E-state index contributed by atoms with van der Waals surface area (Å²) in [6.07, 6.45) is -2.78. The Labute approximate surface area is 278 Å². The highest BCUT2D eigenvalue weighted by atomic mass is 32.2. The normalized spacial score (nSPS) is 12.9. The molecule has 0 bridgehead atoms. The number of nitrogens with zero attached hydrogens (tertiary/aromatic N) is 1. The maximum Gasteiger partial charge on any atom is 0.416 e. The highest BCUT2D eigenvalue weighted by molar-refractivity contribution is 7.90. The second kappa shape index (κ2) is 13.8. The van der Waals surface area contributed by atoms with E-state index in [4.69, 9.17) is 4.52 Å². The first-order valence-electron chi connectivity index (χ1n) is 15.5. The van der Waals surface area contributed by atoms with Gasteiger partial charge in [-0.1, -0.05) is 92.7 Å². The van der Waals surface area contributed by atoms with Crippen LogP contribution in [0.15, 0.2) is 108 Å². The molecular formula is C38H37F3N2O4S. The van der Waals surface area contributed by atoms with E-state index in [1.165, 1.54) is 11.6 Å². The fourth-order valence-corrected chi connectivity index (χ4v) is 5.88. The Morgan fingerprint density at radius 3 is 2.06 bits per heavy atom. The van der Waals surface area contributed by atoms with Crippen molar-refractivity contribution in [3.63, 3.8) is 0 Å². The standard InChI is InChI=1S/C38H37F3N2O4S/c1-37(2,3)31-17-15-26(16-18-31)33(21-25-11-13-27(14-12-25)36(44)42-19-20-48(4,45)46)34-24-35(47-43-34)30-9-5-7-28(22-30)29-8-6-10-32(23-29)38(39,40)41/h5-18,22-24,33H,19-21H2,1-4H3,(H,42,44). The van der Waals surface area contributed by atoms with Crippen LogP contribution in [-0.2, 0) is 27.8 Å². The molecule has 0 radical (unpaired) electrons. The Hall–Kier alpha value is -4.70. The van der Waals surface area contributed by atoms with E-state index in [2.05, 4.69) is 55.5 Å². The lowest BCUT2D eigenvalue weighted by molar-refractivity contribution is -0.137. The van der Waals surface area contributed by atoms with Crippen LogP contribution in [0.4, 0.5) is 13.2 Å². The first-order valence-corrected chi connectivity index (χ1v) is 17.5. The molecule has 10 heteroatoms. The predicted octanol–water partition coefficient (Wildman–Crippen LogP) is 8.47. The Balaban J connectivity index is 1.42. The number of amides is 1. The number of alkyl halides is 3. The van der Waals surface area contributed by atoms with Crippen molar-refractivity contribution in [1.82, 2.24) is 10.5 Å². The second-order valence-electron chi connectivity index (χ2n) is 13.0. The Morgan fingerprint density at radius 1 is 0.812 bits per heavy atom. The van der Waals surface area contributed by atoms with Crippen molar-refractivity contribution in [2.75, 3.05) is 18.6 Å². The van der Waals surface area contributed by atoms with Crippen LogP contribution in [0.2, 0.25) is 0 Å².